The highest BCUT2D eigenvalue weighted by Crippen LogP contribution is 2.38. The number of aryl methyl sites for hydroxylation is 1. The molecule has 0 unspecified atom stereocenters. The van der Waals surface area contributed by atoms with Crippen molar-refractivity contribution in [3.05, 3.63) is 69.8 Å². The minimum atomic E-state index is -1.25. The monoisotopic (exact) mass is 629 g/mol. The van der Waals surface area contributed by atoms with Crippen molar-refractivity contribution >= 4 is 50.7 Å². The normalized spacial score (nSPS) is 22.1. The number of rotatable bonds is 8. The quantitative estimate of drug-likeness (QED) is 0.261. The SMILES string of the molecule is CC(=O)OC[C@H]1O[C@@H](n2cc(Cc3ccc(Br)cc3)c3c(C)cccc32)[C@H](OC(C)=O)[C@@H](OC(C)=O)[C@@H]1OC(C)=O. The molecule has 2 heterocycles. The average molecular weight is 630 g/mol. The molecule has 11 heteroatoms. The fourth-order valence-electron chi connectivity index (χ4n) is 5.18. The van der Waals surface area contributed by atoms with E-state index in [1.165, 1.54) is 27.7 Å². The molecule has 0 radical (unpaired) electrons. The summed E-state index contributed by atoms with van der Waals surface area (Å²) in [7, 11) is 0. The second kappa shape index (κ2) is 12.9. The number of aromatic nitrogens is 1. The fourth-order valence-corrected chi connectivity index (χ4v) is 5.45. The zero-order chi connectivity index (χ0) is 29.8. The van der Waals surface area contributed by atoms with E-state index in [0.717, 1.165) is 32.1 Å². The van der Waals surface area contributed by atoms with Crippen molar-refractivity contribution in [2.45, 2.75) is 71.7 Å². The average Bonchev–Trinajstić information content (AvgIpc) is 3.25. The van der Waals surface area contributed by atoms with Crippen LogP contribution in [0.1, 0.15) is 50.6 Å². The Labute approximate surface area is 246 Å². The van der Waals surface area contributed by atoms with Gasteiger partial charge in [0.05, 0.1) is 5.52 Å². The number of hydrogen-bond acceptors (Lipinski definition) is 9. The van der Waals surface area contributed by atoms with Gasteiger partial charge in [-0.15, -0.1) is 0 Å². The van der Waals surface area contributed by atoms with Crippen molar-refractivity contribution in [3.8, 4) is 0 Å². The molecule has 0 bridgehead atoms. The molecule has 0 N–H and O–H groups in total. The van der Waals surface area contributed by atoms with Crippen molar-refractivity contribution in [2.24, 2.45) is 0 Å². The third kappa shape index (κ3) is 7.15. The van der Waals surface area contributed by atoms with Crippen LogP contribution in [0.2, 0.25) is 0 Å². The Kier molecular flexibility index (Phi) is 9.49. The number of ether oxygens (including phenoxy) is 5. The van der Waals surface area contributed by atoms with Crippen molar-refractivity contribution in [2.75, 3.05) is 6.61 Å². The zero-order valence-corrected chi connectivity index (χ0v) is 25.0. The number of fused-ring (bicyclic) bond motifs is 1. The van der Waals surface area contributed by atoms with Crippen LogP contribution >= 0.6 is 15.9 Å². The third-order valence-electron chi connectivity index (χ3n) is 6.69. The molecule has 4 rings (SSSR count). The van der Waals surface area contributed by atoms with E-state index in [-0.39, 0.29) is 6.61 Å². The summed E-state index contributed by atoms with van der Waals surface area (Å²) in [4.78, 5) is 48.3. The van der Waals surface area contributed by atoms with Crippen LogP contribution in [0.15, 0.2) is 53.1 Å². The second-order valence-corrected chi connectivity index (χ2v) is 10.8. The minimum Gasteiger partial charge on any atom is -0.463 e. The highest BCUT2D eigenvalue weighted by Gasteiger charge is 2.53. The smallest absolute Gasteiger partial charge is 0.303 e. The molecule has 41 heavy (non-hydrogen) atoms. The number of carbonyl (C=O) groups is 4. The lowest BCUT2D eigenvalue weighted by Crippen LogP contribution is -2.60. The summed E-state index contributed by atoms with van der Waals surface area (Å²) in [6, 6.07) is 13.8. The summed E-state index contributed by atoms with van der Waals surface area (Å²) < 4.78 is 31.3. The lowest BCUT2D eigenvalue weighted by Gasteiger charge is -2.44. The molecule has 0 amide bonds. The lowest BCUT2D eigenvalue weighted by molar-refractivity contribution is -0.267. The molecule has 5 atom stereocenters. The first-order chi connectivity index (χ1) is 19.4. The van der Waals surface area contributed by atoms with Gasteiger partial charge in [0.2, 0.25) is 0 Å². The molecular weight excluding hydrogens is 598 g/mol. The molecule has 1 aromatic heterocycles. The van der Waals surface area contributed by atoms with Crippen LogP contribution in [-0.2, 0) is 49.3 Å². The zero-order valence-electron chi connectivity index (χ0n) is 23.4. The molecule has 10 nitrogen and oxygen atoms in total. The van der Waals surface area contributed by atoms with Gasteiger partial charge in [-0.3, -0.25) is 19.2 Å². The number of esters is 4. The van der Waals surface area contributed by atoms with Crippen molar-refractivity contribution < 1.29 is 42.9 Å². The van der Waals surface area contributed by atoms with E-state index in [0.29, 0.717) is 6.42 Å². The van der Waals surface area contributed by atoms with E-state index in [1.807, 2.05) is 60.2 Å². The maximum Gasteiger partial charge on any atom is 0.303 e. The molecule has 0 spiro atoms. The van der Waals surface area contributed by atoms with Crippen LogP contribution in [0, 0.1) is 6.92 Å². The van der Waals surface area contributed by atoms with E-state index >= 15 is 0 Å². The van der Waals surface area contributed by atoms with Gasteiger partial charge in [0.1, 0.15) is 12.7 Å². The Hall–Kier alpha value is -3.70. The predicted molar refractivity (Wildman–Crippen MR) is 151 cm³/mol. The van der Waals surface area contributed by atoms with E-state index in [2.05, 4.69) is 15.9 Å². The number of halogens is 1. The summed E-state index contributed by atoms with van der Waals surface area (Å²) in [5, 5.41) is 0.989. The first kappa shape index (κ1) is 30.3. The Morgan fingerprint density at radius 3 is 2.05 bits per heavy atom. The predicted octanol–water partition coefficient (Wildman–Crippen LogP) is 4.56. The Balaban J connectivity index is 1.87. The molecule has 2 aromatic carbocycles. The van der Waals surface area contributed by atoms with Gasteiger partial charge in [0, 0.05) is 43.8 Å². The standard InChI is InChI=1S/C30H32BrNO9/c1-16-7-6-8-24-26(16)22(13-21-9-11-23(31)12-10-21)14-32(24)30-29(40-20(5)36)28(39-19(4)35)27(38-18(3)34)25(41-30)15-37-17(2)33/h6-12,14,25,27-30H,13,15H2,1-5H3/t25-,27-,28+,29-,30-/m1/s1. The van der Waals surface area contributed by atoms with Gasteiger partial charge in [-0.1, -0.05) is 40.2 Å². The Morgan fingerprint density at radius 2 is 1.44 bits per heavy atom. The highest BCUT2D eigenvalue weighted by atomic mass is 79.9. The molecule has 0 saturated carbocycles. The summed E-state index contributed by atoms with van der Waals surface area (Å²) in [5.74, 6) is -2.58. The van der Waals surface area contributed by atoms with Gasteiger partial charge in [-0.25, -0.2) is 0 Å². The summed E-state index contributed by atoms with van der Waals surface area (Å²) in [5.41, 5.74) is 3.89. The van der Waals surface area contributed by atoms with Crippen LogP contribution < -0.4 is 0 Å². The maximum absolute atomic E-state index is 12.3. The van der Waals surface area contributed by atoms with Crippen LogP contribution in [0.5, 0.6) is 0 Å². The summed E-state index contributed by atoms with van der Waals surface area (Å²) in [6.45, 7) is 6.57. The van der Waals surface area contributed by atoms with Crippen LogP contribution in [-0.4, -0.2) is 59.5 Å². The van der Waals surface area contributed by atoms with Crippen LogP contribution in [0.3, 0.4) is 0 Å². The summed E-state index contributed by atoms with van der Waals surface area (Å²) in [6.07, 6.45) is -3.22. The van der Waals surface area contributed by atoms with Crippen molar-refractivity contribution in [1.29, 1.82) is 0 Å². The van der Waals surface area contributed by atoms with Crippen LogP contribution in [0.4, 0.5) is 0 Å². The number of nitrogens with zero attached hydrogens (tertiary/aromatic N) is 1. The van der Waals surface area contributed by atoms with Gasteiger partial charge < -0.3 is 28.3 Å². The Morgan fingerprint density at radius 1 is 0.829 bits per heavy atom. The number of hydrogen-bond donors (Lipinski definition) is 0. The second-order valence-electron chi connectivity index (χ2n) is 9.92. The maximum atomic E-state index is 12.3. The van der Waals surface area contributed by atoms with E-state index in [9.17, 15) is 19.2 Å². The van der Waals surface area contributed by atoms with Gasteiger partial charge in [0.25, 0.3) is 0 Å². The fraction of sp³-hybridized carbons (Fsp3) is 0.400. The largest absolute Gasteiger partial charge is 0.463 e. The highest BCUT2D eigenvalue weighted by molar-refractivity contribution is 9.10. The van der Waals surface area contributed by atoms with Gasteiger partial charge in [0.15, 0.2) is 24.5 Å². The molecule has 1 aliphatic rings. The van der Waals surface area contributed by atoms with Crippen LogP contribution in [0.25, 0.3) is 10.9 Å². The first-order valence-corrected chi connectivity index (χ1v) is 13.9. The molecule has 3 aromatic rings. The summed E-state index contributed by atoms with van der Waals surface area (Å²) >= 11 is 3.47. The topological polar surface area (TPSA) is 119 Å². The Bertz CT molecular complexity index is 1450. The first-order valence-electron chi connectivity index (χ1n) is 13.1. The van der Waals surface area contributed by atoms with E-state index in [1.54, 1.807) is 0 Å². The van der Waals surface area contributed by atoms with E-state index in [4.69, 9.17) is 23.7 Å². The molecule has 1 fully saturated rings. The molecule has 218 valence electrons. The van der Waals surface area contributed by atoms with Gasteiger partial charge >= 0.3 is 23.9 Å². The molecular formula is C30H32BrNO9. The van der Waals surface area contributed by atoms with E-state index < -0.39 is 54.5 Å². The van der Waals surface area contributed by atoms with Gasteiger partial charge in [-0.05, 0) is 48.2 Å². The molecule has 1 aliphatic heterocycles. The van der Waals surface area contributed by atoms with Crippen molar-refractivity contribution in [3.63, 3.8) is 0 Å². The number of benzene rings is 2. The lowest BCUT2D eigenvalue weighted by atomic mass is 9.97. The molecule has 1 saturated heterocycles. The minimum absolute atomic E-state index is 0.293. The molecule has 0 aliphatic carbocycles. The van der Waals surface area contributed by atoms with Gasteiger partial charge in [-0.2, -0.15) is 0 Å². The number of carbonyl (C=O) groups excluding carboxylic acids is 4. The third-order valence-corrected chi connectivity index (χ3v) is 7.22. The van der Waals surface area contributed by atoms with Crippen molar-refractivity contribution in [1.82, 2.24) is 4.57 Å².